The van der Waals surface area contributed by atoms with Gasteiger partial charge in [-0.3, -0.25) is 14.8 Å². The first-order valence-corrected chi connectivity index (χ1v) is 11.4. The molecule has 0 aromatic heterocycles. The minimum Gasteiger partial charge on any atom is -0.379 e. The van der Waals surface area contributed by atoms with E-state index < -0.39 is 0 Å². The van der Waals surface area contributed by atoms with Gasteiger partial charge in [0.05, 0.1) is 13.2 Å². The lowest BCUT2D eigenvalue weighted by atomic mass is 10.0. The summed E-state index contributed by atoms with van der Waals surface area (Å²) in [6.07, 6.45) is 1.12. The number of hydrogen-bond acceptors (Lipinski definition) is 5. The smallest absolute Gasteiger partial charge is 0.191 e. The lowest BCUT2D eigenvalue weighted by molar-refractivity contribution is -0.00833. The van der Waals surface area contributed by atoms with E-state index in [0.717, 1.165) is 84.5 Å². The van der Waals surface area contributed by atoms with Gasteiger partial charge in [0.2, 0.25) is 0 Å². The molecule has 0 radical (unpaired) electrons. The highest BCUT2D eigenvalue weighted by molar-refractivity contribution is 5.79. The number of rotatable bonds is 8. The van der Waals surface area contributed by atoms with E-state index in [1.807, 2.05) is 7.05 Å². The molecule has 0 unspecified atom stereocenters. The second-order valence-corrected chi connectivity index (χ2v) is 8.78. The summed E-state index contributed by atoms with van der Waals surface area (Å²) in [4.78, 5) is 11.9. The normalized spacial score (nSPS) is 19.7. The Bertz CT molecular complexity index is 636. The quantitative estimate of drug-likeness (QED) is 0.380. The van der Waals surface area contributed by atoms with Crippen LogP contribution in [-0.2, 0) is 4.74 Å². The Morgan fingerprint density at radius 3 is 2.37 bits per heavy atom. The van der Waals surface area contributed by atoms with Gasteiger partial charge in [-0.2, -0.15) is 0 Å². The Balaban J connectivity index is 1.30. The maximum atomic E-state index is 5.48. The van der Waals surface area contributed by atoms with Crippen molar-refractivity contribution in [1.82, 2.24) is 20.4 Å². The van der Waals surface area contributed by atoms with Crippen molar-refractivity contribution in [2.24, 2.45) is 4.99 Å². The highest BCUT2D eigenvalue weighted by atomic mass is 16.5. The van der Waals surface area contributed by atoms with Crippen LogP contribution in [0.5, 0.6) is 0 Å². The Kier molecular flexibility index (Phi) is 8.78. The maximum Gasteiger partial charge on any atom is 0.191 e. The predicted molar refractivity (Wildman–Crippen MR) is 126 cm³/mol. The van der Waals surface area contributed by atoms with Crippen LogP contribution in [0.15, 0.2) is 35.3 Å². The number of hydrogen-bond donors (Lipinski definition) is 2. The van der Waals surface area contributed by atoms with Crippen LogP contribution < -0.4 is 15.5 Å². The van der Waals surface area contributed by atoms with Gasteiger partial charge in [-0.25, -0.2) is 0 Å². The molecular formula is C23H40N6O. The van der Waals surface area contributed by atoms with Gasteiger partial charge >= 0.3 is 0 Å². The Labute approximate surface area is 182 Å². The molecule has 0 bridgehead atoms. The van der Waals surface area contributed by atoms with Gasteiger partial charge in [-0.1, -0.05) is 18.2 Å². The molecule has 3 rings (SSSR count). The predicted octanol–water partition coefficient (Wildman–Crippen LogP) is 1.47. The van der Waals surface area contributed by atoms with Crippen molar-refractivity contribution >= 4 is 11.6 Å². The van der Waals surface area contributed by atoms with Gasteiger partial charge in [0.1, 0.15) is 0 Å². The summed E-state index contributed by atoms with van der Waals surface area (Å²) in [6, 6.07) is 10.7. The molecule has 1 aromatic rings. The molecule has 2 N–H and O–H groups in total. The molecule has 0 aliphatic carbocycles. The summed E-state index contributed by atoms with van der Waals surface area (Å²) in [5, 5.41) is 6.98. The summed E-state index contributed by atoms with van der Waals surface area (Å²) in [6.45, 7) is 15.7. The molecule has 30 heavy (non-hydrogen) atoms. The van der Waals surface area contributed by atoms with Crippen molar-refractivity contribution < 1.29 is 4.74 Å². The van der Waals surface area contributed by atoms with Crippen LogP contribution in [-0.4, -0.2) is 100 Å². The van der Waals surface area contributed by atoms with Gasteiger partial charge < -0.3 is 20.3 Å². The van der Waals surface area contributed by atoms with E-state index in [1.54, 1.807) is 0 Å². The monoisotopic (exact) mass is 416 g/mol. The molecule has 7 heteroatoms. The molecular weight excluding hydrogens is 376 g/mol. The third-order valence-electron chi connectivity index (χ3n) is 6.22. The Morgan fingerprint density at radius 1 is 1.00 bits per heavy atom. The molecule has 2 heterocycles. The van der Waals surface area contributed by atoms with Gasteiger partial charge in [0, 0.05) is 70.6 Å². The first-order valence-electron chi connectivity index (χ1n) is 11.4. The van der Waals surface area contributed by atoms with Gasteiger partial charge in [-0.05, 0) is 38.9 Å². The highest BCUT2D eigenvalue weighted by Crippen LogP contribution is 2.16. The van der Waals surface area contributed by atoms with Gasteiger partial charge in [0.15, 0.2) is 5.96 Å². The average Bonchev–Trinajstić information content (AvgIpc) is 2.80. The van der Waals surface area contributed by atoms with Crippen molar-refractivity contribution in [1.29, 1.82) is 0 Å². The van der Waals surface area contributed by atoms with Gasteiger partial charge in [-0.15, -0.1) is 0 Å². The number of anilines is 1. The molecule has 7 nitrogen and oxygen atoms in total. The maximum absolute atomic E-state index is 5.48. The highest BCUT2D eigenvalue weighted by Gasteiger charge is 2.28. The fraction of sp³-hybridized carbons (Fsp3) is 0.696. The first-order chi connectivity index (χ1) is 14.6. The third-order valence-corrected chi connectivity index (χ3v) is 6.22. The summed E-state index contributed by atoms with van der Waals surface area (Å²) in [5.74, 6) is 0.894. The Morgan fingerprint density at radius 2 is 1.70 bits per heavy atom. The second-order valence-electron chi connectivity index (χ2n) is 8.78. The van der Waals surface area contributed by atoms with Crippen LogP contribution in [0.25, 0.3) is 0 Å². The molecule has 2 aliphatic heterocycles. The minimum absolute atomic E-state index is 0.0832. The standard InChI is InChI=1S/C23H40N6O/c1-23(2,29-16-18-30-19-17-29)20-26-22(24-3)25-10-7-11-27-12-14-28(15-13-27)21-8-5-4-6-9-21/h4-6,8-9H,7,10-20H2,1-3H3,(H2,24,25,26). The van der Waals surface area contributed by atoms with E-state index in [4.69, 9.17) is 4.74 Å². The molecule has 2 fully saturated rings. The number of morpholine rings is 1. The number of nitrogens with zero attached hydrogens (tertiary/aromatic N) is 4. The number of aliphatic imine (C=N–C) groups is 1. The summed E-state index contributed by atoms with van der Waals surface area (Å²) in [5.41, 5.74) is 1.42. The fourth-order valence-corrected chi connectivity index (χ4v) is 4.18. The lowest BCUT2D eigenvalue weighted by Crippen LogP contribution is -2.56. The molecule has 0 amide bonds. The average molecular weight is 417 g/mol. The molecule has 0 saturated carbocycles. The van der Waals surface area contributed by atoms with Crippen molar-refractivity contribution in [3.8, 4) is 0 Å². The molecule has 1 aromatic carbocycles. The minimum atomic E-state index is 0.0832. The number of piperazine rings is 1. The van der Waals surface area contributed by atoms with E-state index >= 15 is 0 Å². The zero-order valence-electron chi connectivity index (χ0n) is 19.1. The van der Waals surface area contributed by atoms with Crippen LogP contribution in [0.4, 0.5) is 5.69 Å². The third kappa shape index (κ3) is 6.86. The molecule has 2 aliphatic rings. The summed E-state index contributed by atoms with van der Waals surface area (Å²) in [7, 11) is 1.85. The molecule has 0 spiro atoms. The largest absolute Gasteiger partial charge is 0.379 e. The van der Waals surface area contributed by atoms with Crippen LogP contribution >= 0.6 is 0 Å². The molecule has 168 valence electrons. The Hall–Kier alpha value is -1.83. The topological polar surface area (TPSA) is 55.4 Å². The van der Waals surface area contributed by atoms with Crippen molar-refractivity contribution in [2.45, 2.75) is 25.8 Å². The van der Waals surface area contributed by atoms with E-state index in [-0.39, 0.29) is 5.54 Å². The van der Waals surface area contributed by atoms with E-state index in [9.17, 15) is 0 Å². The van der Waals surface area contributed by atoms with E-state index in [0.29, 0.717) is 0 Å². The number of benzene rings is 1. The van der Waals surface area contributed by atoms with Crippen LogP contribution in [0, 0.1) is 0 Å². The summed E-state index contributed by atoms with van der Waals surface area (Å²) < 4.78 is 5.48. The van der Waals surface area contributed by atoms with Gasteiger partial charge in [0.25, 0.3) is 0 Å². The second kappa shape index (κ2) is 11.5. The number of para-hydroxylation sites is 1. The first kappa shape index (κ1) is 22.8. The van der Waals surface area contributed by atoms with Crippen molar-refractivity contribution in [3.05, 3.63) is 30.3 Å². The number of ether oxygens (including phenoxy) is 1. The zero-order chi connectivity index (χ0) is 21.2. The summed E-state index contributed by atoms with van der Waals surface area (Å²) >= 11 is 0. The number of guanidine groups is 1. The molecule has 0 atom stereocenters. The zero-order valence-corrected chi connectivity index (χ0v) is 19.1. The van der Waals surface area contributed by atoms with E-state index in [2.05, 4.69) is 74.5 Å². The van der Waals surface area contributed by atoms with Crippen LogP contribution in [0.3, 0.4) is 0 Å². The van der Waals surface area contributed by atoms with Crippen LogP contribution in [0.1, 0.15) is 20.3 Å². The fourth-order valence-electron chi connectivity index (χ4n) is 4.18. The van der Waals surface area contributed by atoms with Crippen molar-refractivity contribution in [3.63, 3.8) is 0 Å². The molecule has 2 saturated heterocycles. The SMILES string of the molecule is CN=C(NCCCN1CCN(c2ccccc2)CC1)NCC(C)(C)N1CCOCC1. The lowest BCUT2D eigenvalue weighted by Gasteiger charge is -2.41. The number of nitrogens with one attached hydrogen (secondary N) is 2. The van der Waals surface area contributed by atoms with Crippen molar-refractivity contribution in [2.75, 3.05) is 84.1 Å². The van der Waals surface area contributed by atoms with E-state index in [1.165, 1.54) is 5.69 Å². The van der Waals surface area contributed by atoms with Crippen LogP contribution in [0.2, 0.25) is 0 Å².